The second-order valence-electron chi connectivity index (χ2n) is 4.25. The van der Waals surface area contributed by atoms with Crippen LogP contribution in [0.5, 0.6) is 0 Å². The van der Waals surface area contributed by atoms with Crippen LogP contribution in [0, 0.1) is 12.8 Å². The van der Waals surface area contributed by atoms with Gasteiger partial charge in [-0.1, -0.05) is 0 Å². The summed E-state index contributed by atoms with van der Waals surface area (Å²) in [5, 5.41) is 9.05. The third kappa shape index (κ3) is 2.77. The first-order chi connectivity index (χ1) is 7.29. The molecule has 4 heteroatoms. The maximum absolute atomic E-state index is 9.05. The van der Waals surface area contributed by atoms with Gasteiger partial charge in [-0.15, -0.1) is 11.3 Å². The van der Waals surface area contributed by atoms with Gasteiger partial charge in [-0.2, -0.15) is 0 Å². The van der Waals surface area contributed by atoms with Gasteiger partial charge in [-0.05, 0) is 32.2 Å². The van der Waals surface area contributed by atoms with Crippen molar-refractivity contribution >= 4 is 11.3 Å². The predicted octanol–water partition coefficient (Wildman–Crippen LogP) is 1.31. The fraction of sp³-hybridized carbons (Fsp3) is 0.727. The lowest BCUT2D eigenvalue weighted by molar-refractivity contribution is 0.222. The predicted molar refractivity (Wildman–Crippen MR) is 62.2 cm³/mol. The summed E-state index contributed by atoms with van der Waals surface area (Å²) < 4.78 is 0. The molecule has 0 aliphatic carbocycles. The Balaban J connectivity index is 1.77. The third-order valence-corrected chi connectivity index (χ3v) is 4.12. The molecule has 1 N–H and O–H groups in total. The number of aryl methyl sites for hydroxylation is 1. The first kappa shape index (κ1) is 11.0. The van der Waals surface area contributed by atoms with Gasteiger partial charge in [0.2, 0.25) is 0 Å². The number of aromatic nitrogens is 1. The molecule has 0 saturated carbocycles. The summed E-state index contributed by atoms with van der Waals surface area (Å²) in [5.41, 5.74) is 3.10. The molecule has 1 aliphatic heterocycles. The Labute approximate surface area is 94.8 Å². The summed E-state index contributed by atoms with van der Waals surface area (Å²) in [6, 6.07) is 0. The van der Waals surface area contributed by atoms with Crippen LogP contribution in [-0.2, 0) is 6.42 Å². The molecule has 84 valence electrons. The number of hydrogen-bond donors (Lipinski definition) is 1. The highest BCUT2D eigenvalue weighted by molar-refractivity contribution is 7.09. The van der Waals surface area contributed by atoms with Crippen LogP contribution in [0.4, 0.5) is 0 Å². The molecular formula is C11H18N2OS. The van der Waals surface area contributed by atoms with E-state index in [1.165, 1.54) is 10.6 Å². The average Bonchev–Trinajstić information content (AvgIpc) is 2.84. The Morgan fingerprint density at radius 3 is 3.13 bits per heavy atom. The van der Waals surface area contributed by atoms with E-state index in [0.717, 1.165) is 32.5 Å². The summed E-state index contributed by atoms with van der Waals surface area (Å²) in [4.78, 5) is 8.10. The zero-order valence-electron chi connectivity index (χ0n) is 9.15. The fourth-order valence-corrected chi connectivity index (χ4v) is 2.86. The molecule has 1 saturated heterocycles. The molecular weight excluding hydrogens is 208 g/mol. The molecule has 3 nitrogen and oxygen atoms in total. The molecule has 0 spiro atoms. The van der Waals surface area contributed by atoms with Gasteiger partial charge >= 0.3 is 0 Å². The molecule has 1 aromatic rings. The second kappa shape index (κ2) is 5.05. The lowest BCUT2D eigenvalue weighted by Gasteiger charge is -2.14. The highest BCUT2D eigenvalue weighted by Gasteiger charge is 2.21. The first-order valence-electron chi connectivity index (χ1n) is 5.51. The van der Waals surface area contributed by atoms with Crippen molar-refractivity contribution in [1.82, 2.24) is 9.88 Å². The van der Waals surface area contributed by atoms with Gasteiger partial charge in [0.1, 0.15) is 0 Å². The van der Waals surface area contributed by atoms with Crippen LogP contribution in [0.2, 0.25) is 0 Å². The van der Waals surface area contributed by atoms with E-state index in [2.05, 4.69) is 16.8 Å². The zero-order valence-corrected chi connectivity index (χ0v) is 9.96. The van der Waals surface area contributed by atoms with Crippen LogP contribution in [0.1, 0.15) is 17.0 Å². The summed E-state index contributed by atoms with van der Waals surface area (Å²) >= 11 is 1.75. The van der Waals surface area contributed by atoms with E-state index in [9.17, 15) is 0 Å². The molecule has 0 bridgehead atoms. The van der Waals surface area contributed by atoms with E-state index in [0.29, 0.717) is 12.5 Å². The number of thiazole rings is 1. The highest BCUT2D eigenvalue weighted by atomic mass is 32.1. The summed E-state index contributed by atoms with van der Waals surface area (Å²) in [6.07, 6.45) is 2.26. The Morgan fingerprint density at radius 1 is 1.67 bits per heavy atom. The standard InChI is InChI=1S/C11H18N2OS/c1-9-11(15-8-12-9)3-5-13-4-2-10(6-13)7-14/h8,10,14H,2-7H2,1H3. The van der Waals surface area contributed by atoms with Crippen molar-refractivity contribution in [2.24, 2.45) is 5.92 Å². The quantitative estimate of drug-likeness (QED) is 0.841. The summed E-state index contributed by atoms with van der Waals surface area (Å²) in [6.45, 7) is 5.74. The topological polar surface area (TPSA) is 36.4 Å². The molecule has 1 atom stereocenters. The van der Waals surface area contributed by atoms with Crippen molar-refractivity contribution in [2.75, 3.05) is 26.2 Å². The Hall–Kier alpha value is -0.450. The fourth-order valence-electron chi connectivity index (χ4n) is 2.09. The van der Waals surface area contributed by atoms with Crippen molar-refractivity contribution in [1.29, 1.82) is 0 Å². The number of aliphatic hydroxyl groups is 1. The molecule has 1 aliphatic rings. The van der Waals surface area contributed by atoms with Gasteiger partial charge in [0, 0.05) is 24.6 Å². The molecule has 2 heterocycles. The van der Waals surface area contributed by atoms with E-state index < -0.39 is 0 Å². The largest absolute Gasteiger partial charge is 0.396 e. The number of aliphatic hydroxyl groups excluding tert-OH is 1. The van der Waals surface area contributed by atoms with Crippen molar-refractivity contribution in [3.05, 3.63) is 16.1 Å². The third-order valence-electron chi connectivity index (χ3n) is 3.13. The van der Waals surface area contributed by atoms with Gasteiger partial charge in [-0.3, -0.25) is 0 Å². The molecule has 0 aromatic carbocycles. The Kier molecular flexibility index (Phi) is 3.72. The van der Waals surface area contributed by atoms with Crippen molar-refractivity contribution < 1.29 is 5.11 Å². The maximum atomic E-state index is 9.05. The lowest BCUT2D eigenvalue weighted by Crippen LogP contribution is -2.24. The van der Waals surface area contributed by atoms with Gasteiger partial charge in [0.05, 0.1) is 11.2 Å². The number of nitrogens with zero attached hydrogens (tertiary/aromatic N) is 2. The van der Waals surface area contributed by atoms with E-state index in [1.807, 2.05) is 5.51 Å². The van der Waals surface area contributed by atoms with Crippen LogP contribution in [0.25, 0.3) is 0 Å². The van der Waals surface area contributed by atoms with Crippen molar-refractivity contribution in [3.63, 3.8) is 0 Å². The molecule has 1 unspecified atom stereocenters. The van der Waals surface area contributed by atoms with Crippen molar-refractivity contribution in [2.45, 2.75) is 19.8 Å². The Morgan fingerprint density at radius 2 is 2.53 bits per heavy atom. The molecule has 0 amide bonds. The minimum atomic E-state index is 0.343. The molecule has 1 aromatic heterocycles. The van der Waals surface area contributed by atoms with Crippen LogP contribution in [0.15, 0.2) is 5.51 Å². The molecule has 0 radical (unpaired) electrons. The molecule has 15 heavy (non-hydrogen) atoms. The normalized spacial score (nSPS) is 22.4. The van der Waals surface area contributed by atoms with E-state index >= 15 is 0 Å². The highest BCUT2D eigenvalue weighted by Crippen LogP contribution is 2.18. The minimum absolute atomic E-state index is 0.343. The van der Waals surface area contributed by atoms with Gasteiger partial charge in [-0.25, -0.2) is 4.98 Å². The summed E-state index contributed by atoms with van der Waals surface area (Å²) in [7, 11) is 0. The number of hydrogen-bond acceptors (Lipinski definition) is 4. The molecule has 1 fully saturated rings. The van der Waals surface area contributed by atoms with Crippen LogP contribution in [0.3, 0.4) is 0 Å². The van der Waals surface area contributed by atoms with Gasteiger partial charge in [0.25, 0.3) is 0 Å². The average molecular weight is 226 g/mol. The molecule has 2 rings (SSSR count). The number of rotatable bonds is 4. The monoisotopic (exact) mass is 226 g/mol. The van der Waals surface area contributed by atoms with E-state index in [1.54, 1.807) is 11.3 Å². The Bertz CT molecular complexity index is 313. The second-order valence-corrected chi connectivity index (χ2v) is 5.19. The van der Waals surface area contributed by atoms with Crippen molar-refractivity contribution in [3.8, 4) is 0 Å². The van der Waals surface area contributed by atoms with Crippen LogP contribution >= 0.6 is 11.3 Å². The van der Waals surface area contributed by atoms with E-state index in [-0.39, 0.29) is 0 Å². The lowest BCUT2D eigenvalue weighted by atomic mass is 10.1. The smallest absolute Gasteiger partial charge is 0.0797 e. The minimum Gasteiger partial charge on any atom is -0.396 e. The maximum Gasteiger partial charge on any atom is 0.0797 e. The zero-order chi connectivity index (χ0) is 10.7. The van der Waals surface area contributed by atoms with Gasteiger partial charge < -0.3 is 10.0 Å². The van der Waals surface area contributed by atoms with Crippen LogP contribution < -0.4 is 0 Å². The van der Waals surface area contributed by atoms with Crippen LogP contribution in [-0.4, -0.2) is 41.2 Å². The van der Waals surface area contributed by atoms with Gasteiger partial charge in [0.15, 0.2) is 0 Å². The van der Waals surface area contributed by atoms with E-state index in [4.69, 9.17) is 5.11 Å². The SMILES string of the molecule is Cc1ncsc1CCN1CCC(CO)C1. The number of likely N-dealkylation sites (tertiary alicyclic amines) is 1. The summed E-state index contributed by atoms with van der Waals surface area (Å²) in [5.74, 6) is 0.507. The first-order valence-corrected chi connectivity index (χ1v) is 6.39.